The zero-order valence-electron chi connectivity index (χ0n) is 9.73. The minimum Gasteiger partial charge on any atom is -0.258 e. The quantitative estimate of drug-likeness (QED) is 0.318. The van der Waals surface area contributed by atoms with Crippen LogP contribution in [-0.4, -0.2) is 36.1 Å². The summed E-state index contributed by atoms with van der Waals surface area (Å²) < 4.78 is 0. The predicted molar refractivity (Wildman–Crippen MR) is 55.3 cm³/mol. The summed E-state index contributed by atoms with van der Waals surface area (Å²) >= 11 is 0. The van der Waals surface area contributed by atoms with Crippen molar-refractivity contribution in [1.29, 1.82) is 0 Å². The van der Waals surface area contributed by atoms with Gasteiger partial charge in [0.2, 0.25) is 0 Å². The van der Waals surface area contributed by atoms with E-state index < -0.39 is 48.9 Å². The minimum atomic E-state index is -4.82. The van der Waals surface area contributed by atoms with E-state index in [-0.39, 0.29) is 0 Å². The third-order valence-electron chi connectivity index (χ3n) is 2.50. The maximum absolute atomic E-state index is 10.9. The number of nitro groups is 5. The highest BCUT2D eigenvalue weighted by Gasteiger charge is 3.02. The molecule has 0 heterocycles. The molecule has 0 rings (SSSR count). The molecule has 0 saturated carbocycles. The van der Waals surface area contributed by atoms with Crippen LogP contribution >= 0.6 is 0 Å². The van der Waals surface area contributed by atoms with Gasteiger partial charge in [-0.15, -0.1) is 0 Å². The van der Waals surface area contributed by atoms with Crippen molar-refractivity contribution in [2.24, 2.45) is 0 Å². The van der Waals surface area contributed by atoms with Crippen molar-refractivity contribution in [2.45, 2.75) is 31.2 Å². The van der Waals surface area contributed by atoms with Crippen molar-refractivity contribution in [1.82, 2.24) is 0 Å². The van der Waals surface area contributed by atoms with Crippen molar-refractivity contribution in [3.8, 4) is 0 Å². The first-order valence-corrected chi connectivity index (χ1v) is 4.75. The number of rotatable bonds is 8. The maximum Gasteiger partial charge on any atom is 0.840 e. The van der Waals surface area contributed by atoms with Gasteiger partial charge in [-0.25, -0.2) is 0 Å². The summed E-state index contributed by atoms with van der Waals surface area (Å²) in [6, 6.07) is 0. The second-order valence-corrected chi connectivity index (χ2v) is 3.49. The lowest BCUT2D eigenvalue weighted by Crippen LogP contribution is -2.74. The number of nitrogens with zero attached hydrogens (tertiary/aromatic N) is 5. The zero-order chi connectivity index (χ0) is 16.3. The Kier molecular flexibility index (Phi) is 4.53. The summed E-state index contributed by atoms with van der Waals surface area (Å²) in [7, 11) is 0. The van der Waals surface area contributed by atoms with E-state index in [4.69, 9.17) is 0 Å². The molecule has 0 N–H and O–H groups in total. The Morgan fingerprint density at radius 1 is 0.700 bits per heavy atom. The third-order valence-corrected chi connectivity index (χ3v) is 2.50. The van der Waals surface area contributed by atoms with Gasteiger partial charge in [0.25, 0.3) is 0 Å². The van der Waals surface area contributed by atoms with E-state index in [9.17, 15) is 50.6 Å². The fourth-order valence-electron chi connectivity index (χ4n) is 1.65. The highest BCUT2D eigenvalue weighted by Crippen LogP contribution is 2.35. The van der Waals surface area contributed by atoms with E-state index in [1.54, 1.807) is 0 Å². The molecule has 0 aliphatic rings. The summed E-state index contributed by atoms with van der Waals surface area (Å²) in [5, 5.41) is 54.0. The van der Waals surface area contributed by atoms with Gasteiger partial charge in [-0.1, -0.05) is 6.92 Å². The van der Waals surface area contributed by atoms with Crippen molar-refractivity contribution in [2.75, 3.05) is 0 Å². The largest absolute Gasteiger partial charge is 0.840 e. The molecule has 0 aliphatic carbocycles. The van der Waals surface area contributed by atoms with Crippen LogP contribution in [0.2, 0.25) is 0 Å². The van der Waals surface area contributed by atoms with E-state index in [0.717, 1.165) is 6.92 Å². The Morgan fingerprint density at radius 3 is 1.15 bits per heavy atom. The normalized spacial score (nSPS) is 11.7. The lowest BCUT2D eigenvalue weighted by atomic mass is 9.97. The molecule has 15 nitrogen and oxygen atoms in total. The second-order valence-electron chi connectivity index (χ2n) is 3.49. The van der Waals surface area contributed by atoms with Crippen molar-refractivity contribution in [3.63, 3.8) is 0 Å². The molecule has 0 bridgehead atoms. The molecule has 0 aromatic carbocycles. The first kappa shape index (κ1) is 17.0. The van der Waals surface area contributed by atoms with Crippen molar-refractivity contribution < 1.29 is 24.6 Å². The standard InChI is InChI=1S/C5H7N5O10/c1-2-3-4(6(11)12,7(13)14)5(8(15)16,9(17)18)10(19)20/h2-3H2,1H3. The highest BCUT2D eigenvalue weighted by molar-refractivity contribution is 4.77. The van der Waals surface area contributed by atoms with E-state index in [2.05, 4.69) is 0 Å². The van der Waals surface area contributed by atoms with Crippen LogP contribution in [0.25, 0.3) is 0 Å². The molecule has 15 heteroatoms. The summed E-state index contributed by atoms with van der Waals surface area (Å²) in [6.07, 6.45) is -1.87. The molecule has 0 unspecified atom stereocenters. The Balaban J connectivity index is 6.83. The summed E-state index contributed by atoms with van der Waals surface area (Å²) in [5.41, 5.74) is -4.22. The van der Waals surface area contributed by atoms with Gasteiger partial charge in [-0.3, -0.25) is 50.6 Å². The summed E-state index contributed by atoms with van der Waals surface area (Å²) in [5.74, 6) is -4.82. The molecular weight excluding hydrogens is 290 g/mol. The number of hydrogen-bond donors (Lipinski definition) is 0. The fourth-order valence-corrected chi connectivity index (χ4v) is 1.65. The first-order chi connectivity index (χ1) is 9.03. The average molecular weight is 297 g/mol. The van der Waals surface area contributed by atoms with Crippen LogP contribution in [0.15, 0.2) is 0 Å². The Hall–Kier alpha value is -3.00. The van der Waals surface area contributed by atoms with Crippen LogP contribution in [0, 0.1) is 50.6 Å². The van der Waals surface area contributed by atoms with Gasteiger partial charge in [-0.2, -0.15) is 0 Å². The van der Waals surface area contributed by atoms with Gasteiger partial charge in [0.05, 0.1) is 0 Å². The molecule has 0 aliphatic heterocycles. The molecule has 0 spiro atoms. The molecule has 20 heavy (non-hydrogen) atoms. The zero-order valence-corrected chi connectivity index (χ0v) is 9.73. The molecular formula is C5H7N5O10. The molecule has 0 saturated heterocycles. The molecule has 0 amide bonds. The highest BCUT2D eigenvalue weighted by atomic mass is 16.8. The molecule has 112 valence electrons. The average Bonchev–Trinajstić information content (AvgIpc) is 2.25. The monoisotopic (exact) mass is 297 g/mol. The van der Waals surface area contributed by atoms with E-state index in [0.29, 0.717) is 0 Å². The van der Waals surface area contributed by atoms with Crippen LogP contribution < -0.4 is 0 Å². The molecule has 0 fully saturated rings. The third kappa shape index (κ3) is 1.84. The Bertz CT molecular complexity index is 436. The van der Waals surface area contributed by atoms with E-state index in [1.807, 2.05) is 0 Å². The van der Waals surface area contributed by atoms with Gasteiger partial charge < -0.3 is 0 Å². The summed E-state index contributed by atoms with van der Waals surface area (Å²) in [4.78, 5) is 43.4. The molecule has 0 aromatic heterocycles. The van der Waals surface area contributed by atoms with Crippen LogP contribution in [0.3, 0.4) is 0 Å². The Morgan fingerprint density at radius 2 is 1.00 bits per heavy atom. The predicted octanol–water partition coefficient (Wildman–Crippen LogP) is -0.480. The second kappa shape index (κ2) is 5.33. The van der Waals surface area contributed by atoms with Gasteiger partial charge in [0, 0.05) is 0 Å². The SMILES string of the molecule is CCCC([N+](=O)[O-])([N+](=O)[O-])C([N+](=O)[O-])([N+](=O)[O-])[N+](=O)[O-]. The van der Waals surface area contributed by atoms with Gasteiger partial charge in [0.15, 0.2) is 14.8 Å². The van der Waals surface area contributed by atoms with Crippen molar-refractivity contribution in [3.05, 3.63) is 50.6 Å². The summed E-state index contributed by atoms with van der Waals surface area (Å²) in [6.45, 7) is 1.09. The van der Waals surface area contributed by atoms with Gasteiger partial charge in [0.1, 0.15) is 16.3 Å². The van der Waals surface area contributed by atoms with Crippen molar-refractivity contribution >= 4 is 0 Å². The maximum atomic E-state index is 10.9. The Labute approximate surface area is 107 Å². The van der Waals surface area contributed by atoms with Gasteiger partial charge >= 0.3 is 11.4 Å². The van der Waals surface area contributed by atoms with Crippen LogP contribution in [-0.2, 0) is 0 Å². The van der Waals surface area contributed by atoms with E-state index in [1.165, 1.54) is 0 Å². The van der Waals surface area contributed by atoms with Crippen LogP contribution in [0.1, 0.15) is 19.8 Å². The van der Waals surface area contributed by atoms with Crippen LogP contribution in [0.5, 0.6) is 0 Å². The topological polar surface area (TPSA) is 216 Å². The lowest BCUT2D eigenvalue weighted by molar-refractivity contribution is -1.05. The van der Waals surface area contributed by atoms with Crippen LogP contribution in [0.4, 0.5) is 0 Å². The molecule has 0 radical (unpaired) electrons. The molecule has 0 atom stereocenters. The molecule has 0 aromatic rings. The fraction of sp³-hybridized carbons (Fsp3) is 1.00. The first-order valence-electron chi connectivity index (χ1n) is 4.75. The van der Waals surface area contributed by atoms with E-state index >= 15 is 0 Å². The smallest absolute Gasteiger partial charge is 0.258 e. The lowest BCUT2D eigenvalue weighted by Gasteiger charge is -2.16. The van der Waals surface area contributed by atoms with Gasteiger partial charge in [-0.05, 0) is 6.42 Å². The minimum absolute atomic E-state index is 0.501. The number of hydrogen-bond acceptors (Lipinski definition) is 10.